The highest BCUT2D eigenvalue weighted by Gasteiger charge is 2.27. The van der Waals surface area contributed by atoms with Crippen LogP contribution < -0.4 is 5.32 Å². The molecule has 0 aliphatic heterocycles. The van der Waals surface area contributed by atoms with E-state index >= 15 is 0 Å². The molecule has 0 aliphatic carbocycles. The Balaban J connectivity index is 3.13. The number of anilines is 1. The number of rotatable bonds is 5. The monoisotopic (exact) mass is 284 g/mol. The number of nitro groups is 1. The molecule has 0 fully saturated rings. The second-order valence-corrected chi connectivity index (χ2v) is 3.64. The fraction of sp³-hybridized carbons (Fsp3) is 0.333. The molecule has 0 radical (unpaired) electrons. The van der Waals surface area contributed by atoms with Crippen molar-refractivity contribution in [3.8, 4) is 0 Å². The van der Waals surface area contributed by atoms with Gasteiger partial charge in [-0.3, -0.25) is 10.1 Å². The first-order valence-electron chi connectivity index (χ1n) is 4.68. The number of nitro benzene ring substituents is 1. The van der Waals surface area contributed by atoms with Gasteiger partial charge in [-0.25, -0.2) is 8.78 Å². The Morgan fingerprint density at radius 1 is 1.44 bits per heavy atom. The number of nitrogens with one attached hydrogen (secondary N) is 1. The predicted molar refractivity (Wildman–Crippen MR) is 58.2 cm³/mol. The zero-order valence-electron chi connectivity index (χ0n) is 8.79. The lowest BCUT2D eigenvalue weighted by atomic mass is 10.2. The standard InChI is InChI=1S/C9H8ClF3N2O3/c10-2-4(16)3-14-6-1-5(11)7(12)8(13)9(6)15(17)18/h1,4,14,16H,2-3H2. The van der Waals surface area contributed by atoms with Crippen LogP contribution in [0, 0.1) is 27.6 Å². The lowest BCUT2D eigenvalue weighted by Gasteiger charge is -2.11. The topological polar surface area (TPSA) is 75.4 Å². The average molecular weight is 285 g/mol. The molecular weight excluding hydrogens is 277 g/mol. The van der Waals surface area contributed by atoms with Crippen molar-refractivity contribution in [2.24, 2.45) is 0 Å². The van der Waals surface area contributed by atoms with Crippen molar-refractivity contribution in [3.05, 3.63) is 33.6 Å². The second kappa shape index (κ2) is 5.87. The summed E-state index contributed by atoms with van der Waals surface area (Å²) in [4.78, 5) is 9.38. The molecular formula is C9H8ClF3N2O3. The Kier molecular flexibility index (Phi) is 4.74. The average Bonchev–Trinajstić information content (AvgIpc) is 2.32. The van der Waals surface area contributed by atoms with Crippen LogP contribution in [-0.2, 0) is 0 Å². The van der Waals surface area contributed by atoms with Crippen LogP contribution in [0.15, 0.2) is 6.07 Å². The summed E-state index contributed by atoms with van der Waals surface area (Å²) in [6.45, 7) is -0.269. The number of aliphatic hydroxyl groups excluding tert-OH is 1. The van der Waals surface area contributed by atoms with Gasteiger partial charge in [0.05, 0.1) is 16.9 Å². The van der Waals surface area contributed by atoms with Gasteiger partial charge in [0.25, 0.3) is 0 Å². The molecule has 0 saturated heterocycles. The minimum atomic E-state index is -1.93. The first kappa shape index (κ1) is 14.5. The number of hydrogen-bond donors (Lipinski definition) is 2. The van der Waals surface area contributed by atoms with Gasteiger partial charge in [-0.05, 0) is 0 Å². The normalized spacial score (nSPS) is 12.3. The van der Waals surface area contributed by atoms with E-state index in [2.05, 4.69) is 5.32 Å². The van der Waals surface area contributed by atoms with Gasteiger partial charge in [0, 0.05) is 12.6 Å². The molecule has 0 heterocycles. The highest BCUT2D eigenvalue weighted by Crippen LogP contribution is 2.31. The molecule has 0 bridgehead atoms. The molecule has 2 N–H and O–H groups in total. The molecule has 1 atom stereocenters. The Morgan fingerprint density at radius 2 is 2.06 bits per heavy atom. The van der Waals surface area contributed by atoms with Gasteiger partial charge < -0.3 is 10.4 Å². The molecule has 18 heavy (non-hydrogen) atoms. The quantitative estimate of drug-likeness (QED) is 0.375. The van der Waals surface area contributed by atoms with Gasteiger partial charge in [-0.2, -0.15) is 4.39 Å². The van der Waals surface area contributed by atoms with Gasteiger partial charge in [0.1, 0.15) is 5.69 Å². The summed E-state index contributed by atoms with van der Waals surface area (Å²) in [5, 5.41) is 21.9. The number of nitrogens with zero attached hydrogens (tertiary/aromatic N) is 1. The Hall–Kier alpha value is -1.54. The first-order valence-corrected chi connectivity index (χ1v) is 5.21. The lowest BCUT2D eigenvalue weighted by molar-refractivity contribution is -0.386. The molecule has 0 saturated carbocycles. The van der Waals surface area contributed by atoms with Crippen LogP contribution in [0.1, 0.15) is 0 Å². The number of halogens is 4. The second-order valence-electron chi connectivity index (χ2n) is 3.33. The van der Waals surface area contributed by atoms with Crippen molar-refractivity contribution in [3.63, 3.8) is 0 Å². The fourth-order valence-electron chi connectivity index (χ4n) is 1.18. The van der Waals surface area contributed by atoms with Crippen LogP contribution in [0.2, 0.25) is 0 Å². The Labute approximate surface area is 104 Å². The van der Waals surface area contributed by atoms with Crippen molar-refractivity contribution >= 4 is 23.0 Å². The molecule has 9 heteroatoms. The van der Waals surface area contributed by atoms with E-state index in [0.717, 1.165) is 0 Å². The van der Waals surface area contributed by atoms with E-state index in [9.17, 15) is 23.3 Å². The molecule has 5 nitrogen and oxygen atoms in total. The van der Waals surface area contributed by atoms with Gasteiger partial charge in [-0.15, -0.1) is 11.6 Å². The van der Waals surface area contributed by atoms with Crippen molar-refractivity contribution in [1.29, 1.82) is 0 Å². The van der Waals surface area contributed by atoms with Gasteiger partial charge >= 0.3 is 5.69 Å². The summed E-state index contributed by atoms with van der Waals surface area (Å²) >= 11 is 5.28. The van der Waals surface area contributed by atoms with Crippen molar-refractivity contribution < 1.29 is 23.2 Å². The van der Waals surface area contributed by atoms with Crippen molar-refractivity contribution in [2.45, 2.75) is 6.10 Å². The number of aliphatic hydroxyl groups is 1. The third-order valence-electron chi connectivity index (χ3n) is 2.03. The van der Waals surface area contributed by atoms with Crippen LogP contribution in [0.4, 0.5) is 24.5 Å². The summed E-state index contributed by atoms with van der Waals surface area (Å²) in [5.74, 6) is -5.57. The van der Waals surface area contributed by atoms with E-state index in [1.54, 1.807) is 0 Å². The maximum Gasteiger partial charge on any atom is 0.330 e. The third kappa shape index (κ3) is 3.02. The predicted octanol–water partition coefficient (Wildman–Crippen LogP) is 2.02. The minimum Gasteiger partial charge on any atom is -0.390 e. The number of alkyl halides is 1. The summed E-state index contributed by atoms with van der Waals surface area (Å²) in [7, 11) is 0. The molecule has 1 aromatic carbocycles. The van der Waals surface area contributed by atoms with Crippen molar-refractivity contribution in [1.82, 2.24) is 0 Å². The molecule has 1 unspecified atom stereocenters. The smallest absolute Gasteiger partial charge is 0.330 e. The highest BCUT2D eigenvalue weighted by molar-refractivity contribution is 6.18. The Morgan fingerprint density at radius 3 is 2.56 bits per heavy atom. The zero-order valence-corrected chi connectivity index (χ0v) is 9.55. The molecule has 1 aromatic rings. The molecule has 100 valence electrons. The van der Waals surface area contributed by atoms with Crippen LogP contribution in [0.25, 0.3) is 0 Å². The SMILES string of the molecule is O=[N+]([O-])c1c(NCC(O)CCl)cc(F)c(F)c1F. The highest BCUT2D eigenvalue weighted by atomic mass is 35.5. The van der Waals surface area contributed by atoms with E-state index in [-0.39, 0.29) is 12.4 Å². The summed E-state index contributed by atoms with van der Waals surface area (Å²) in [6, 6.07) is 0.442. The number of benzene rings is 1. The summed E-state index contributed by atoms with van der Waals surface area (Å²) in [6.07, 6.45) is -1.07. The maximum absolute atomic E-state index is 13.2. The largest absolute Gasteiger partial charge is 0.390 e. The van der Waals surface area contributed by atoms with E-state index in [1.807, 2.05) is 0 Å². The van der Waals surface area contributed by atoms with Gasteiger partial charge in [0.2, 0.25) is 11.6 Å². The minimum absolute atomic E-state index is 0.174. The molecule has 1 rings (SSSR count). The zero-order chi connectivity index (χ0) is 13.9. The van der Waals surface area contributed by atoms with E-state index in [4.69, 9.17) is 16.7 Å². The van der Waals surface area contributed by atoms with Crippen LogP contribution in [0.5, 0.6) is 0 Å². The molecule has 0 amide bonds. The molecule has 0 aromatic heterocycles. The van der Waals surface area contributed by atoms with Gasteiger partial charge in [0.15, 0.2) is 5.82 Å². The van der Waals surface area contributed by atoms with Crippen molar-refractivity contribution in [2.75, 3.05) is 17.7 Å². The molecule has 0 aliphatic rings. The van der Waals surface area contributed by atoms with Gasteiger partial charge in [-0.1, -0.05) is 0 Å². The lowest BCUT2D eigenvalue weighted by Crippen LogP contribution is -2.21. The van der Waals surface area contributed by atoms with E-state index in [1.165, 1.54) is 0 Å². The summed E-state index contributed by atoms with van der Waals surface area (Å²) in [5.41, 5.74) is -1.80. The number of hydrogen-bond acceptors (Lipinski definition) is 4. The maximum atomic E-state index is 13.2. The van der Waals surface area contributed by atoms with Crippen LogP contribution in [-0.4, -0.2) is 28.6 Å². The third-order valence-corrected chi connectivity index (χ3v) is 2.38. The van der Waals surface area contributed by atoms with Crippen LogP contribution in [0.3, 0.4) is 0 Å². The summed E-state index contributed by atoms with van der Waals surface area (Å²) < 4.78 is 39.0. The van der Waals surface area contributed by atoms with E-state index in [0.29, 0.717) is 6.07 Å². The van der Waals surface area contributed by atoms with E-state index < -0.39 is 39.9 Å². The first-order chi connectivity index (χ1) is 8.38. The fourth-order valence-corrected chi connectivity index (χ4v) is 1.29. The molecule has 0 spiro atoms. The van der Waals surface area contributed by atoms with Crippen LogP contribution >= 0.6 is 11.6 Å². The Bertz CT molecular complexity index is 473.